The number of benzene rings is 2. The molecule has 112 valence electrons. The van der Waals surface area contributed by atoms with Gasteiger partial charge in [0.2, 0.25) is 0 Å². The molecule has 1 heterocycles. The van der Waals surface area contributed by atoms with Crippen LogP contribution in [0.15, 0.2) is 42.5 Å². The highest BCUT2D eigenvalue weighted by Gasteiger charge is 2.06. The third kappa shape index (κ3) is 3.09. The Morgan fingerprint density at radius 1 is 1.27 bits per heavy atom. The van der Waals surface area contributed by atoms with E-state index in [2.05, 4.69) is 10.3 Å². The first kappa shape index (κ1) is 14.5. The van der Waals surface area contributed by atoms with Gasteiger partial charge in [0.1, 0.15) is 5.75 Å². The standard InChI is InChI=1S/C17H16N2O2S/c1-11(20)13-5-3-4-12(8-13)10-18-17-19-15-7-6-14(21-2)9-16(15)22-17/h3-9H,10H2,1-2H3,(H,18,19). The van der Waals surface area contributed by atoms with Gasteiger partial charge in [0.05, 0.1) is 17.3 Å². The molecule has 4 nitrogen and oxygen atoms in total. The van der Waals surface area contributed by atoms with Crippen molar-refractivity contribution in [2.45, 2.75) is 13.5 Å². The molecule has 2 aromatic carbocycles. The van der Waals surface area contributed by atoms with Gasteiger partial charge in [0, 0.05) is 12.1 Å². The monoisotopic (exact) mass is 312 g/mol. The van der Waals surface area contributed by atoms with E-state index in [0.717, 1.165) is 32.2 Å². The molecule has 0 atom stereocenters. The molecule has 0 amide bonds. The van der Waals surface area contributed by atoms with Crippen LogP contribution in [0.25, 0.3) is 10.2 Å². The zero-order valence-corrected chi connectivity index (χ0v) is 13.2. The number of ketones is 1. The maximum atomic E-state index is 11.4. The van der Waals surface area contributed by atoms with Gasteiger partial charge in [-0.05, 0) is 36.8 Å². The van der Waals surface area contributed by atoms with Gasteiger partial charge in [-0.1, -0.05) is 29.5 Å². The lowest BCUT2D eigenvalue weighted by molar-refractivity contribution is 0.101. The normalized spacial score (nSPS) is 10.6. The van der Waals surface area contributed by atoms with Crippen LogP contribution in [0.4, 0.5) is 5.13 Å². The quantitative estimate of drug-likeness (QED) is 0.720. The SMILES string of the molecule is COc1ccc2nc(NCc3cccc(C(C)=O)c3)sc2c1. The number of hydrogen-bond acceptors (Lipinski definition) is 5. The van der Waals surface area contributed by atoms with E-state index in [4.69, 9.17) is 4.74 Å². The highest BCUT2D eigenvalue weighted by atomic mass is 32.1. The predicted molar refractivity (Wildman–Crippen MR) is 89.9 cm³/mol. The lowest BCUT2D eigenvalue weighted by Gasteiger charge is -2.04. The molecule has 0 fully saturated rings. The van der Waals surface area contributed by atoms with Gasteiger partial charge in [0.15, 0.2) is 10.9 Å². The van der Waals surface area contributed by atoms with Crippen molar-refractivity contribution in [1.29, 1.82) is 0 Å². The first-order valence-electron chi connectivity index (χ1n) is 6.94. The van der Waals surface area contributed by atoms with Crippen LogP contribution in [0.2, 0.25) is 0 Å². The van der Waals surface area contributed by atoms with E-state index in [0.29, 0.717) is 6.54 Å². The first-order chi connectivity index (χ1) is 10.7. The number of hydrogen-bond donors (Lipinski definition) is 1. The molecule has 0 aliphatic heterocycles. The molecule has 0 aliphatic carbocycles. The number of aromatic nitrogens is 1. The maximum Gasteiger partial charge on any atom is 0.184 e. The Labute approximate surface area is 132 Å². The summed E-state index contributed by atoms with van der Waals surface area (Å²) in [5.41, 5.74) is 2.74. The summed E-state index contributed by atoms with van der Waals surface area (Å²) in [6.45, 7) is 2.21. The topological polar surface area (TPSA) is 51.2 Å². The molecule has 0 saturated heterocycles. The van der Waals surface area contributed by atoms with E-state index in [9.17, 15) is 4.79 Å². The Morgan fingerprint density at radius 3 is 2.91 bits per heavy atom. The summed E-state index contributed by atoms with van der Waals surface area (Å²) >= 11 is 1.59. The number of nitrogens with zero attached hydrogens (tertiary/aromatic N) is 1. The van der Waals surface area contributed by atoms with Crippen LogP contribution >= 0.6 is 11.3 Å². The fraction of sp³-hybridized carbons (Fsp3) is 0.176. The van der Waals surface area contributed by atoms with Crippen molar-refractivity contribution in [1.82, 2.24) is 4.98 Å². The fourth-order valence-corrected chi connectivity index (χ4v) is 3.08. The molecule has 0 spiro atoms. The molecule has 0 unspecified atom stereocenters. The van der Waals surface area contributed by atoms with Crippen molar-refractivity contribution in [2.75, 3.05) is 12.4 Å². The van der Waals surface area contributed by atoms with E-state index in [-0.39, 0.29) is 5.78 Å². The number of anilines is 1. The minimum atomic E-state index is 0.0777. The van der Waals surface area contributed by atoms with Crippen molar-refractivity contribution in [3.63, 3.8) is 0 Å². The first-order valence-corrected chi connectivity index (χ1v) is 7.75. The maximum absolute atomic E-state index is 11.4. The van der Waals surface area contributed by atoms with Gasteiger partial charge in [0.25, 0.3) is 0 Å². The molecule has 22 heavy (non-hydrogen) atoms. The van der Waals surface area contributed by atoms with Crippen molar-refractivity contribution in [2.24, 2.45) is 0 Å². The van der Waals surface area contributed by atoms with E-state index < -0.39 is 0 Å². The number of carbonyl (C=O) groups excluding carboxylic acids is 1. The van der Waals surface area contributed by atoms with Gasteiger partial charge >= 0.3 is 0 Å². The number of fused-ring (bicyclic) bond motifs is 1. The van der Waals surface area contributed by atoms with E-state index in [1.54, 1.807) is 25.4 Å². The molecule has 5 heteroatoms. The minimum Gasteiger partial charge on any atom is -0.497 e. The van der Waals surface area contributed by atoms with Crippen LogP contribution in [0.5, 0.6) is 5.75 Å². The third-order valence-corrected chi connectivity index (χ3v) is 4.35. The molecule has 1 N–H and O–H groups in total. The Bertz CT molecular complexity index is 826. The van der Waals surface area contributed by atoms with Crippen LogP contribution in [-0.4, -0.2) is 17.9 Å². The van der Waals surface area contributed by atoms with Crippen molar-refractivity contribution in [3.05, 3.63) is 53.6 Å². The van der Waals surface area contributed by atoms with Crippen LogP contribution in [-0.2, 0) is 6.54 Å². The van der Waals surface area contributed by atoms with Gasteiger partial charge in [-0.2, -0.15) is 0 Å². The highest BCUT2D eigenvalue weighted by Crippen LogP contribution is 2.29. The van der Waals surface area contributed by atoms with Crippen LogP contribution < -0.4 is 10.1 Å². The molecule has 3 aromatic rings. The van der Waals surface area contributed by atoms with Gasteiger partial charge < -0.3 is 10.1 Å². The lowest BCUT2D eigenvalue weighted by atomic mass is 10.1. The van der Waals surface area contributed by atoms with E-state index >= 15 is 0 Å². The second kappa shape index (κ2) is 6.15. The summed E-state index contributed by atoms with van der Waals surface area (Å²) in [6.07, 6.45) is 0. The van der Waals surface area contributed by atoms with Gasteiger partial charge in [-0.25, -0.2) is 4.98 Å². The number of methoxy groups -OCH3 is 1. The van der Waals surface area contributed by atoms with Gasteiger partial charge in [-0.15, -0.1) is 0 Å². The largest absolute Gasteiger partial charge is 0.497 e. The highest BCUT2D eigenvalue weighted by molar-refractivity contribution is 7.22. The lowest BCUT2D eigenvalue weighted by Crippen LogP contribution is -2.00. The Balaban J connectivity index is 1.76. The number of ether oxygens (including phenoxy) is 1. The Hall–Kier alpha value is -2.40. The van der Waals surface area contributed by atoms with Crippen LogP contribution in [0.3, 0.4) is 0 Å². The summed E-state index contributed by atoms with van der Waals surface area (Å²) in [4.78, 5) is 16.0. The molecular formula is C17H16N2O2S. The zero-order valence-electron chi connectivity index (χ0n) is 12.4. The second-order valence-corrected chi connectivity index (χ2v) is 5.99. The summed E-state index contributed by atoms with van der Waals surface area (Å²) in [6, 6.07) is 13.5. The average molecular weight is 312 g/mol. The smallest absolute Gasteiger partial charge is 0.184 e. The predicted octanol–water partition coefficient (Wildman–Crippen LogP) is 4.12. The third-order valence-electron chi connectivity index (χ3n) is 3.37. The van der Waals surface area contributed by atoms with Crippen molar-refractivity contribution < 1.29 is 9.53 Å². The molecule has 0 saturated carbocycles. The van der Waals surface area contributed by atoms with E-state index in [1.165, 1.54) is 0 Å². The molecule has 3 rings (SSSR count). The van der Waals surface area contributed by atoms with Crippen molar-refractivity contribution >= 4 is 32.5 Å². The number of Topliss-reactive ketones (excluding diaryl/α,β-unsaturated/α-hetero) is 1. The van der Waals surface area contributed by atoms with Crippen LogP contribution in [0.1, 0.15) is 22.8 Å². The molecule has 0 radical (unpaired) electrons. The molecule has 0 bridgehead atoms. The summed E-state index contributed by atoms with van der Waals surface area (Å²) in [5.74, 6) is 0.908. The average Bonchev–Trinajstić information content (AvgIpc) is 2.95. The summed E-state index contributed by atoms with van der Waals surface area (Å²) < 4.78 is 6.31. The van der Waals surface area contributed by atoms with Crippen molar-refractivity contribution in [3.8, 4) is 5.75 Å². The van der Waals surface area contributed by atoms with Crippen LogP contribution in [0, 0.1) is 0 Å². The second-order valence-electron chi connectivity index (χ2n) is 4.96. The Morgan fingerprint density at radius 2 is 2.14 bits per heavy atom. The summed E-state index contributed by atoms with van der Waals surface area (Å²) in [7, 11) is 1.66. The molecule has 0 aliphatic rings. The molecular weight excluding hydrogens is 296 g/mol. The number of nitrogens with one attached hydrogen (secondary N) is 1. The minimum absolute atomic E-state index is 0.0777. The number of thiazole rings is 1. The number of carbonyl (C=O) groups is 1. The number of rotatable bonds is 5. The Kier molecular flexibility index (Phi) is 4.06. The van der Waals surface area contributed by atoms with E-state index in [1.807, 2.05) is 42.5 Å². The summed E-state index contributed by atoms with van der Waals surface area (Å²) in [5, 5.41) is 4.17. The zero-order chi connectivity index (χ0) is 15.5. The fourth-order valence-electron chi connectivity index (χ4n) is 2.19. The van der Waals surface area contributed by atoms with Gasteiger partial charge in [-0.3, -0.25) is 4.79 Å². The molecule has 1 aromatic heterocycles.